The topological polar surface area (TPSA) is 92.4 Å². The van der Waals surface area contributed by atoms with Gasteiger partial charge in [0.15, 0.2) is 0 Å². The molecular formula is C12H24N2O3. The molecule has 0 aromatic rings. The third-order valence-electron chi connectivity index (χ3n) is 2.59. The number of nitrogens with two attached hydrogens (primary N) is 1. The summed E-state index contributed by atoms with van der Waals surface area (Å²) in [6.45, 7) is 2.71. The van der Waals surface area contributed by atoms with Gasteiger partial charge in [-0.3, -0.25) is 9.59 Å². The molecule has 4 N–H and O–H groups in total. The van der Waals surface area contributed by atoms with Crippen LogP contribution in [0, 0.1) is 0 Å². The molecule has 0 saturated heterocycles. The van der Waals surface area contributed by atoms with Crippen LogP contribution in [0.3, 0.4) is 0 Å². The van der Waals surface area contributed by atoms with E-state index in [2.05, 4.69) is 12.2 Å². The zero-order chi connectivity index (χ0) is 13.1. The molecule has 0 saturated carbocycles. The van der Waals surface area contributed by atoms with E-state index in [1.165, 1.54) is 0 Å². The first-order chi connectivity index (χ1) is 8.07. The summed E-state index contributed by atoms with van der Waals surface area (Å²) in [6, 6.07) is -0.782. The number of hydrogen-bond acceptors (Lipinski definition) is 3. The van der Waals surface area contributed by atoms with Crippen molar-refractivity contribution in [3.63, 3.8) is 0 Å². The highest BCUT2D eigenvalue weighted by molar-refractivity contribution is 5.75. The first-order valence-electron chi connectivity index (χ1n) is 6.33. The van der Waals surface area contributed by atoms with E-state index in [1.807, 2.05) is 0 Å². The monoisotopic (exact) mass is 244 g/mol. The van der Waals surface area contributed by atoms with Gasteiger partial charge in [0.25, 0.3) is 0 Å². The fraction of sp³-hybridized carbons (Fsp3) is 0.833. The van der Waals surface area contributed by atoms with Crippen LogP contribution in [0.2, 0.25) is 0 Å². The van der Waals surface area contributed by atoms with Crippen LogP contribution in [0.4, 0.5) is 0 Å². The maximum atomic E-state index is 11.3. The largest absolute Gasteiger partial charge is 0.480 e. The number of carboxylic acids is 1. The number of hydrogen-bond donors (Lipinski definition) is 3. The normalized spacial score (nSPS) is 12.1. The van der Waals surface area contributed by atoms with Crippen molar-refractivity contribution in [1.82, 2.24) is 5.32 Å². The molecule has 0 spiro atoms. The van der Waals surface area contributed by atoms with Crippen molar-refractivity contribution in [3.8, 4) is 0 Å². The second-order valence-electron chi connectivity index (χ2n) is 4.25. The summed E-state index contributed by atoms with van der Waals surface area (Å²) >= 11 is 0. The standard InChI is InChI=1S/C12H24N2O3/c1-2-3-4-8-11(15)14-9-6-5-7-10(13)12(16)17/h10H,2-9,13H2,1H3,(H,14,15)(H,16,17). The molecule has 0 aliphatic carbocycles. The lowest BCUT2D eigenvalue weighted by Crippen LogP contribution is -2.30. The maximum Gasteiger partial charge on any atom is 0.320 e. The summed E-state index contributed by atoms with van der Waals surface area (Å²) in [4.78, 5) is 21.7. The average Bonchev–Trinajstić information content (AvgIpc) is 2.28. The molecule has 0 radical (unpaired) electrons. The van der Waals surface area contributed by atoms with E-state index in [0.29, 0.717) is 19.4 Å². The SMILES string of the molecule is CCCCCC(=O)NCCCCC(N)C(=O)O. The number of nitrogens with one attached hydrogen (secondary N) is 1. The Balaban J connectivity index is 3.33. The summed E-state index contributed by atoms with van der Waals surface area (Å²) in [5, 5.41) is 11.4. The van der Waals surface area contributed by atoms with Crippen molar-refractivity contribution in [2.24, 2.45) is 5.73 Å². The summed E-state index contributed by atoms with van der Waals surface area (Å²) in [5.41, 5.74) is 5.35. The van der Waals surface area contributed by atoms with Crippen molar-refractivity contribution in [3.05, 3.63) is 0 Å². The zero-order valence-corrected chi connectivity index (χ0v) is 10.6. The minimum atomic E-state index is -0.964. The molecule has 0 bridgehead atoms. The zero-order valence-electron chi connectivity index (χ0n) is 10.6. The van der Waals surface area contributed by atoms with E-state index in [-0.39, 0.29) is 5.91 Å². The molecule has 0 aromatic heterocycles. The molecule has 1 amide bonds. The Morgan fingerprint density at radius 2 is 1.94 bits per heavy atom. The fourth-order valence-electron chi connectivity index (χ4n) is 1.46. The summed E-state index contributed by atoms with van der Waals surface area (Å²) in [6.07, 6.45) is 5.68. The van der Waals surface area contributed by atoms with Gasteiger partial charge in [0, 0.05) is 13.0 Å². The number of carbonyl (C=O) groups excluding carboxylic acids is 1. The van der Waals surface area contributed by atoms with Gasteiger partial charge in [0.2, 0.25) is 5.91 Å². The van der Waals surface area contributed by atoms with E-state index in [1.54, 1.807) is 0 Å². The van der Waals surface area contributed by atoms with Crippen LogP contribution in [0.1, 0.15) is 51.9 Å². The summed E-state index contributed by atoms with van der Waals surface area (Å²) in [7, 11) is 0. The Morgan fingerprint density at radius 1 is 1.24 bits per heavy atom. The lowest BCUT2D eigenvalue weighted by atomic mass is 10.1. The third-order valence-corrected chi connectivity index (χ3v) is 2.59. The van der Waals surface area contributed by atoms with Crippen LogP contribution >= 0.6 is 0 Å². The molecule has 5 heteroatoms. The van der Waals surface area contributed by atoms with Crippen LogP contribution in [0.5, 0.6) is 0 Å². The van der Waals surface area contributed by atoms with Crippen molar-refractivity contribution >= 4 is 11.9 Å². The Kier molecular flexibility index (Phi) is 9.43. The molecule has 17 heavy (non-hydrogen) atoms. The van der Waals surface area contributed by atoms with Gasteiger partial charge in [0.05, 0.1) is 0 Å². The van der Waals surface area contributed by atoms with Crippen molar-refractivity contribution in [2.75, 3.05) is 6.54 Å². The van der Waals surface area contributed by atoms with Gasteiger partial charge >= 0.3 is 5.97 Å². The summed E-state index contributed by atoms with van der Waals surface area (Å²) < 4.78 is 0. The number of unbranched alkanes of at least 4 members (excludes halogenated alkanes) is 3. The van der Waals surface area contributed by atoms with Crippen molar-refractivity contribution < 1.29 is 14.7 Å². The first kappa shape index (κ1) is 15.9. The Hall–Kier alpha value is -1.10. The molecule has 0 rings (SSSR count). The van der Waals surface area contributed by atoms with E-state index in [9.17, 15) is 9.59 Å². The van der Waals surface area contributed by atoms with Crippen LogP contribution < -0.4 is 11.1 Å². The van der Waals surface area contributed by atoms with Crippen molar-refractivity contribution in [2.45, 2.75) is 57.9 Å². The second kappa shape index (κ2) is 10.1. The predicted octanol–water partition coefficient (Wildman–Crippen LogP) is 1.27. The molecular weight excluding hydrogens is 220 g/mol. The molecule has 100 valence electrons. The van der Waals surface area contributed by atoms with Gasteiger partial charge in [-0.1, -0.05) is 19.8 Å². The third kappa shape index (κ3) is 9.81. The summed E-state index contributed by atoms with van der Waals surface area (Å²) in [5.74, 6) is -0.880. The minimum Gasteiger partial charge on any atom is -0.480 e. The van der Waals surface area contributed by atoms with Gasteiger partial charge in [-0.05, 0) is 25.7 Å². The minimum absolute atomic E-state index is 0.0842. The van der Waals surface area contributed by atoms with Crippen molar-refractivity contribution in [1.29, 1.82) is 0 Å². The number of amides is 1. The molecule has 0 aliphatic heterocycles. The Labute approximate surface area is 103 Å². The highest BCUT2D eigenvalue weighted by Crippen LogP contribution is 2.00. The van der Waals surface area contributed by atoms with E-state index >= 15 is 0 Å². The number of carboxylic acid groups (broad SMARTS) is 1. The Bertz CT molecular complexity index is 232. The lowest BCUT2D eigenvalue weighted by molar-refractivity contribution is -0.138. The predicted molar refractivity (Wildman–Crippen MR) is 66.6 cm³/mol. The average molecular weight is 244 g/mol. The fourth-order valence-corrected chi connectivity index (χ4v) is 1.46. The molecule has 1 unspecified atom stereocenters. The lowest BCUT2D eigenvalue weighted by Gasteiger charge is -2.07. The highest BCUT2D eigenvalue weighted by atomic mass is 16.4. The van der Waals surface area contributed by atoms with Crippen LogP contribution in [-0.2, 0) is 9.59 Å². The molecule has 1 atom stereocenters. The van der Waals surface area contributed by atoms with Crippen LogP contribution in [0.25, 0.3) is 0 Å². The molecule has 0 fully saturated rings. The molecule has 0 aliphatic rings. The van der Waals surface area contributed by atoms with Gasteiger partial charge < -0.3 is 16.2 Å². The Morgan fingerprint density at radius 3 is 2.53 bits per heavy atom. The van der Waals surface area contributed by atoms with Gasteiger partial charge in [-0.25, -0.2) is 0 Å². The van der Waals surface area contributed by atoms with Crippen LogP contribution in [0.15, 0.2) is 0 Å². The number of aliphatic carboxylic acids is 1. The number of carbonyl (C=O) groups is 2. The molecule has 0 heterocycles. The maximum absolute atomic E-state index is 11.3. The van der Waals surface area contributed by atoms with E-state index in [0.717, 1.165) is 32.1 Å². The van der Waals surface area contributed by atoms with Gasteiger partial charge in [0.1, 0.15) is 6.04 Å². The van der Waals surface area contributed by atoms with E-state index in [4.69, 9.17) is 10.8 Å². The van der Waals surface area contributed by atoms with Crippen LogP contribution in [-0.4, -0.2) is 29.6 Å². The quantitative estimate of drug-likeness (QED) is 0.504. The smallest absolute Gasteiger partial charge is 0.320 e. The number of rotatable bonds is 10. The second-order valence-corrected chi connectivity index (χ2v) is 4.25. The highest BCUT2D eigenvalue weighted by Gasteiger charge is 2.09. The molecule has 0 aromatic carbocycles. The molecule has 5 nitrogen and oxygen atoms in total. The van der Waals surface area contributed by atoms with E-state index < -0.39 is 12.0 Å². The van der Waals surface area contributed by atoms with Gasteiger partial charge in [-0.15, -0.1) is 0 Å². The van der Waals surface area contributed by atoms with Gasteiger partial charge in [-0.2, -0.15) is 0 Å². The first-order valence-corrected chi connectivity index (χ1v) is 6.33.